The monoisotopic (exact) mass is 402 g/mol. The lowest BCUT2D eigenvalue weighted by atomic mass is 10.0. The molecule has 0 bridgehead atoms. The van der Waals surface area contributed by atoms with Gasteiger partial charge in [-0.25, -0.2) is 0 Å². The van der Waals surface area contributed by atoms with Crippen LogP contribution in [0.4, 0.5) is 0 Å². The number of nitrogens with zero attached hydrogens (tertiary/aromatic N) is 2. The summed E-state index contributed by atoms with van der Waals surface area (Å²) in [5.74, 6) is -1.10. The lowest BCUT2D eigenvalue weighted by Crippen LogP contribution is -2.46. The average molecular weight is 402 g/mol. The minimum absolute atomic E-state index is 0.0131. The molecule has 1 aromatic carbocycles. The zero-order chi connectivity index (χ0) is 21.0. The van der Waals surface area contributed by atoms with Gasteiger partial charge in [0.1, 0.15) is 5.58 Å². The van der Waals surface area contributed by atoms with Crippen molar-refractivity contribution in [1.29, 1.82) is 0 Å². The normalized spacial score (nSPS) is 14.1. The second-order valence-corrected chi connectivity index (χ2v) is 7.27. The molecule has 0 aliphatic carbocycles. The van der Waals surface area contributed by atoms with Crippen molar-refractivity contribution >= 4 is 28.8 Å². The molecule has 0 atom stereocenters. The molecule has 0 radical (unpaired) electrons. The summed E-state index contributed by atoms with van der Waals surface area (Å²) >= 11 is 0. The zero-order valence-electron chi connectivity index (χ0n) is 17.0. The van der Waals surface area contributed by atoms with Gasteiger partial charge in [0.25, 0.3) is 5.91 Å². The van der Waals surface area contributed by atoms with E-state index in [0.29, 0.717) is 31.9 Å². The fourth-order valence-corrected chi connectivity index (χ4v) is 3.14. The maximum absolute atomic E-state index is 12.2. The van der Waals surface area contributed by atoms with Gasteiger partial charge in [-0.05, 0) is 37.1 Å². The summed E-state index contributed by atoms with van der Waals surface area (Å²) in [5.41, 5.74) is 3.65. The number of carbonyl (C=O) groups is 3. The Morgan fingerprint density at radius 2 is 1.83 bits per heavy atom. The van der Waals surface area contributed by atoms with Gasteiger partial charge < -0.3 is 23.7 Å². The lowest BCUT2D eigenvalue weighted by molar-refractivity contribution is -0.152. The molecule has 2 amide bonds. The third-order valence-corrected chi connectivity index (χ3v) is 5.12. The number of likely N-dealkylation sites (N-methyl/N-ethyl adjacent to an activating group) is 1. The summed E-state index contributed by atoms with van der Waals surface area (Å²) in [5, 5.41) is 0.865. The molecule has 2 aromatic rings. The van der Waals surface area contributed by atoms with E-state index in [1.165, 1.54) is 11.9 Å². The fraction of sp³-hybridized carbons (Fsp3) is 0.476. The molecule has 0 saturated carbocycles. The highest BCUT2D eigenvalue weighted by molar-refractivity contribution is 5.89. The Balaban J connectivity index is 1.49. The van der Waals surface area contributed by atoms with Crippen LogP contribution in [-0.2, 0) is 30.3 Å². The summed E-state index contributed by atoms with van der Waals surface area (Å²) in [6.07, 6.45) is 1.55. The Bertz CT molecular complexity index is 913. The standard InChI is InChI=1S/C21H26N2O6/c1-14-8-17-16(12-28-18(17)9-15(14)2)10-21(26)29-13-20(25)22(3)11-19(24)23-4-6-27-7-5-23/h8-9,12H,4-7,10-11,13H2,1-3H3. The van der Waals surface area contributed by atoms with E-state index in [-0.39, 0.29) is 18.9 Å². The average Bonchev–Trinajstić information content (AvgIpc) is 3.08. The van der Waals surface area contributed by atoms with Crippen LogP contribution in [0, 0.1) is 13.8 Å². The number of carbonyl (C=O) groups excluding carboxylic acids is 3. The minimum Gasteiger partial charge on any atom is -0.464 e. The van der Waals surface area contributed by atoms with Crippen molar-refractivity contribution in [2.75, 3.05) is 46.5 Å². The van der Waals surface area contributed by atoms with Crippen LogP contribution in [0.1, 0.15) is 16.7 Å². The number of esters is 1. The van der Waals surface area contributed by atoms with E-state index in [1.54, 1.807) is 11.2 Å². The van der Waals surface area contributed by atoms with Crippen molar-refractivity contribution in [3.8, 4) is 0 Å². The summed E-state index contributed by atoms with van der Waals surface area (Å²) in [7, 11) is 1.52. The molecule has 2 heterocycles. The molecule has 1 aliphatic rings. The van der Waals surface area contributed by atoms with Crippen molar-refractivity contribution in [2.24, 2.45) is 0 Å². The molecule has 156 valence electrons. The molecule has 8 nitrogen and oxygen atoms in total. The molecule has 1 saturated heterocycles. The molecule has 3 rings (SSSR count). The smallest absolute Gasteiger partial charge is 0.310 e. The van der Waals surface area contributed by atoms with Gasteiger partial charge in [-0.1, -0.05) is 0 Å². The first-order valence-electron chi connectivity index (χ1n) is 9.57. The predicted octanol–water partition coefficient (Wildman–Crippen LogP) is 1.45. The first-order valence-corrected chi connectivity index (χ1v) is 9.57. The molecule has 0 spiro atoms. The fourth-order valence-electron chi connectivity index (χ4n) is 3.14. The largest absolute Gasteiger partial charge is 0.464 e. The van der Waals surface area contributed by atoms with Gasteiger partial charge in [-0.3, -0.25) is 14.4 Å². The first kappa shape index (κ1) is 20.9. The number of amides is 2. The highest BCUT2D eigenvalue weighted by atomic mass is 16.5. The number of furan rings is 1. The number of benzene rings is 1. The van der Waals surface area contributed by atoms with E-state index in [9.17, 15) is 14.4 Å². The van der Waals surface area contributed by atoms with E-state index in [0.717, 1.165) is 22.1 Å². The van der Waals surface area contributed by atoms with Crippen LogP contribution in [0.3, 0.4) is 0 Å². The van der Waals surface area contributed by atoms with E-state index >= 15 is 0 Å². The number of ether oxygens (including phenoxy) is 2. The number of hydrogen-bond acceptors (Lipinski definition) is 6. The van der Waals surface area contributed by atoms with E-state index in [2.05, 4.69) is 0 Å². The van der Waals surface area contributed by atoms with Crippen LogP contribution in [0.5, 0.6) is 0 Å². The lowest BCUT2D eigenvalue weighted by Gasteiger charge is -2.28. The summed E-state index contributed by atoms with van der Waals surface area (Å²) in [6, 6.07) is 3.91. The first-order chi connectivity index (χ1) is 13.8. The summed E-state index contributed by atoms with van der Waals surface area (Å²) in [6.45, 7) is 5.58. The molecule has 8 heteroatoms. The predicted molar refractivity (Wildman–Crippen MR) is 105 cm³/mol. The second-order valence-electron chi connectivity index (χ2n) is 7.27. The minimum atomic E-state index is -0.521. The zero-order valence-corrected chi connectivity index (χ0v) is 17.0. The molecule has 0 N–H and O–H groups in total. The number of hydrogen-bond donors (Lipinski definition) is 0. The summed E-state index contributed by atoms with van der Waals surface area (Å²) in [4.78, 5) is 39.5. The van der Waals surface area contributed by atoms with Gasteiger partial charge in [-0.2, -0.15) is 0 Å². The van der Waals surface area contributed by atoms with Gasteiger partial charge in [-0.15, -0.1) is 0 Å². The maximum atomic E-state index is 12.2. The molecule has 0 unspecified atom stereocenters. The van der Waals surface area contributed by atoms with Crippen LogP contribution in [0.2, 0.25) is 0 Å². The van der Waals surface area contributed by atoms with Crippen LogP contribution in [-0.4, -0.2) is 74.1 Å². The van der Waals surface area contributed by atoms with Gasteiger partial charge >= 0.3 is 5.97 Å². The summed E-state index contributed by atoms with van der Waals surface area (Å²) < 4.78 is 15.8. The van der Waals surface area contributed by atoms with Gasteiger partial charge in [0.05, 0.1) is 32.4 Å². The van der Waals surface area contributed by atoms with Crippen LogP contribution in [0.25, 0.3) is 11.0 Å². The Morgan fingerprint density at radius 3 is 2.55 bits per heavy atom. The Hall–Kier alpha value is -2.87. The molecule has 1 aliphatic heterocycles. The number of fused-ring (bicyclic) bond motifs is 1. The van der Waals surface area contributed by atoms with Crippen molar-refractivity contribution in [3.63, 3.8) is 0 Å². The van der Waals surface area contributed by atoms with Crippen molar-refractivity contribution < 1.29 is 28.3 Å². The third-order valence-electron chi connectivity index (χ3n) is 5.12. The topological polar surface area (TPSA) is 89.3 Å². The van der Waals surface area contributed by atoms with Crippen molar-refractivity contribution in [3.05, 3.63) is 35.1 Å². The second kappa shape index (κ2) is 9.09. The molecule has 1 aromatic heterocycles. The highest BCUT2D eigenvalue weighted by Gasteiger charge is 2.21. The van der Waals surface area contributed by atoms with Crippen LogP contribution >= 0.6 is 0 Å². The molecule has 29 heavy (non-hydrogen) atoms. The Kier molecular flexibility index (Phi) is 6.53. The molecular formula is C21H26N2O6. The molecule has 1 fully saturated rings. The Labute approximate surface area is 169 Å². The maximum Gasteiger partial charge on any atom is 0.310 e. The number of morpholine rings is 1. The third kappa shape index (κ3) is 5.14. The number of rotatable bonds is 6. The quantitative estimate of drug-likeness (QED) is 0.680. The SMILES string of the molecule is Cc1cc2occ(CC(=O)OCC(=O)N(C)CC(=O)N3CCOCC3)c2cc1C. The van der Waals surface area contributed by atoms with Crippen molar-refractivity contribution in [1.82, 2.24) is 9.80 Å². The van der Waals surface area contributed by atoms with Gasteiger partial charge in [0.2, 0.25) is 5.91 Å². The highest BCUT2D eigenvalue weighted by Crippen LogP contribution is 2.25. The van der Waals surface area contributed by atoms with E-state index < -0.39 is 18.5 Å². The van der Waals surface area contributed by atoms with Crippen molar-refractivity contribution in [2.45, 2.75) is 20.3 Å². The van der Waals surface area contributed by atoms with Gasteiger partial charge in [0, 0.05) is 31.1 Å². The van der Waals surface area contributed by atoms with Gasteiger partial charge in [0.15, 0.2) is 6.61 Å². The number of aryl methyl sites for hydroxylation is 2. The Morgan fingerprint density at radius 1 is 1.14 bits per heavy atom. The molecular weight excluding hydrogens is 376 g/mol. The van der Waals surface area contributed by atoms with E-state index in [4.69, 9.17) is 13.9 Å². The van der Waals surface area contributed by atoms with E-state index in [1.807, 2.05) is 26.0 Å². The van der Waals surface area contributed by atoms with Crippen LogP contribution < -0.4 is 0 Å². The van der Waals surface area contributed by atoms with Crippen LogP contribution in [0.15, 0.2) is 22.8 Å².